The topological polar surface area (TPSA) is 94.2 Å². The molecule has 0 fully saturated rings. The van der Waals surface area contributed by atoms with Gasteiger partial charge in [-0.1, -0.05) is 107 Å². The highest BCUT2D eigenvalue weighted by Crippen LogP contribution is 2.56. The lowest BCUT2D eigenvalue weighted by Gasteiger charge is -2.38. The lowest BCUT2D eigenvalue weighted by molar-refractivity contribution is -0.288. The Labute approximate surface area is 494 Å². The van der Waals surface area contributed by atoms with E-state index in [1.165, 1.54) is 48.3 Å². The molecule has 0 saturated carbocycles. The molecule has 0 spiro atoms. The van der Waals surface area contributed by atoms with E-state index in [1.807, 2.05) is 72.8 Å². The van der Waals surface area contributed by atoms with Gasteiger partial charge in [-0.05, 0) is 137 Å². The van der Waals surface area contributed by atoms with Crippen LogP contribution in [0, 0.1) is 5.41 Å². The van der Waals surface area contributed by atoms with E-state index in [1.54, 1.807) is 56.8 Å². The summed E-state index contributed by atoms with van der Waals surface area (Å²) in [5.41, 5.74) is -2.59. The van der Waals surface area contributed by atoms with Crippen LogP contribution in [0.15, 0.2) is 170 Å². The molecular formula is C66H78F9NO9. The van der Waals surface area contributed by atoms with Crippen LogP contribution in [-0.4, -0.2) is 100 Å². The van der Waals surface area contributed by atoms with Gasteiger partial charge in [-0.3, -0.25) is 4.79 Å². The Kier molecular flexibility index (Phi) is 28.6. The predicted octanol–water partition coefficient (Wildman–Crippen LogP) is 16.8. The van der Waals surface area contributed by atoms with Crippen molar-refractivity contribution in [3.8, 4) is 46.0 Å². The van der Waals surface area contributed by atoms with Crippen molar-refractivity contribution in [1.29, 1.82) is 0 Å². The van der Waals surface area contributed by atoms with Gasteiger partial charge in [-0.15, -0.1) is 0 Å². The van der Waals surface area contributed by atoms with Crippen molar-refractivity contribution in [3.63, 3.8) is 0 Å². The summed E-state index contributed by atoms with van der Waals surface area (Å²) in [6.45, 7) is 9.40. The van der Waals surface area contributed by atoms with Gasteiger partial charge in [0.1, 0.15) is 46.0 Å². The minimum Gasteiger partial charge on any atom is -0.497 e. The molecule has 0 aliphatic heterocycles. The number of benzene rings is 7. The van der Waals surface area contributed by atoms with Crippen LogP contribution in [0.1, 0.15) is 74.9 Å². The summed E-state index contributed by atoms with van der Waals surface area (Å²) >= 11 is 0. The molecule has 0 N–H and O–H groups in total. The maximum Gasteiger partial charge on any atom is 0.411 e. The molecule has 7 aromatic rings. The molecule has 0 unspecified atom stereocenters. The monoisotopic (exact) mass is 1200 g/mol. The van der Waals surface area contributed by atoms with E-state index in [9.17, 15) is 44.3 Å². The molecular weight excluding hydrogens is 1120 g/mol. The summed E-state index contributed by atoms with van der Waals surface area (Å²) < 4.78 is 158. The summed E-state index contributed by atoms with van der Waals surface area (Å²) in [5, 5.41) is 0. The number of nitrogens with zero attached hydrogens (tertiary/aromatic N) is 1. The van der Waals surface area contributed by atoms with Crippen molar-refractivity contribution in [2.75, 3.05) is 71.0 Å². The number of ether oxygens (including phenoxy) is 8. The number of halogens is 9. The molecule has 10 nitrogen and oxygen atoms in total. The molecule has 0 aliphatic rings. The molecule has 7 rings (SSSR count). The SMILES string of the molecule is CC(=O)N(C)C.CC(C)(C)C(F)(F)F.COc1ccc(C(C)(C)c2ccc(OC)cc2)cc1.COc1ccc(C(c2ccc(OC)cc2)(C(F)(F)F)C(F)(F)F)cc1.COc1ccc(Cc2ccc(OC)cc2)cc1.COc1ccc(OC)cc1. The normalized spacial score (nSPS) is 11.2. The number of rotatable bonds is 14. The predicted molar refractivity (Wildman–Crippen MR) is 315 cm³/mol. The summed E-state index contributed by atoms with van der Waals surface area (Å²) in [6, 6.07) is 47.5. The zero-order chi connectivity index (χ0) is 64.4. The Hall–Kier alpha value is -8.22. The quantitative estimate of drug-likeness (QED) is 0.0987. The highest BCUT2D eigenvalue weighted by Gasteiger charge is 2.72. The Morgan fingerprint density at radius 3 is 0.647 bits per heavy atom. The van der Waals surface area contributed by atoms with E-state index in [0.717, 1.165) is 110 Å². The molecule has 1 amide bonds. The highest BCUT2D eigenvalue weighted by atomic mass is 19.4. The van der Waals surface area contributed by atoms with Crippen molar-refractivity contribution in [2.24, 2.45) is 5.41 Å². The third-order valence-electron chi connectivity index (χ3n) is 13.0. The Morgan fingerprint density at radius 1 is 0.329 bits per heavy atom. The molecule has 19 heteroatoms. The van der Waals surface area contributed by atoms with E-state index in [-0.39, 0.29) is 22.8 Å². The van der Waals surface area contributed by atoms with Crippen LogP contribution in [0.4, 0.5) is 39.5 Å². The fraction of sp³-hybridized carbons (Fsp3) is 0.348. The number of hydrogen-bond donors (Lipinski definition) is 0. The summed E-state index contributed by atoms with van der Waals surface area (Å²) in [5.74, 6) is 5.64. The number of carbonyl (C=O) groups is 1. The van der Waals surface area contributed by atoms with E-state index < -0.39 is 40.5 Å². The summed E-state index contributed by atoms with van der Waals surface area (Å²) in [7, 11) is 16.0. The van der Waals surface area contributed by atoms with Gasteiger partial charge in [0.2, 0.25) is 11.3 Å². The van der Waals surface area contributed by atoms with Crippen molar-refractivity contribution < 1.29 is 82.2 Å². The average molecular weight is 1200 g/mol. The smallest absolute Gasteiger partial charge is 0.411 e. The Balaban J connectivity index is 0.000000369. The number of hydrogen-bond acceptors (Lipinski definition) is 9. The maximum absolute atomic E-state index is 13.8. The van der Waals surface area contributed by atoms with Crippen molar-refractivity contribution in [3.05, 3.63) is 203 Å². The number of methoxy groups -OCH3 is 8. The Bertz CT molecular complexity index is 2780. The zero-order valence-corrected chi connectivity index (χ0v) is 50.9. The first-order valence-electron chi connectivity index (χ1n) is 26.1. The molecule has 0 heterocycles. The average Bonchev–Trinajstić information content (AvgIpc) is 3.67. The van der Waals surface area contributed by atoms with Crippen LogP contribution in [0.5, 0.6) is 46.0 Å². The number of amides is 1. The minimum absolute atomic E-state index is 0.0431. The van der Waals surface area contributed by atoms with Crippen LogP contribution in [-0.2, 0) is 22.0 Å². The fourth-order valence-corrected chi connectivity index (χ4v) is 7.28. The molecule has 464 valence electrons. The lowest BCUT2D eigenvalue weighted by Crippen LogP contribution is -2.54. The second-order valence-electron chi connectivity index (χ2n) is 20.2. The van der Waals surface area contributed by atoms with Gasteiger partial charge in [0.05, 0.1) is 62.3 Å². The highest BCUT2D eigenvalue weighted by molar-refractivity contribution is 5.72. The van der Waals surface area contributed by atoms with Crippen LogP contribution in [0.25, 0.3) is 0 Å². The van der Waals surface area contributed by atoms with Gasteiger partial charge in [-0.25, -0.2) is 0 Å². The molecule has 0 aliphatic carbocycles. The van der Waals surface area contributed by atoms with Crippen molar-refractivity contribution in [2.45, 2.75) is 77.3 Å². The fourth-order valence-electron chi connectivity index (χ4n) is 7.28. The van der Waals surface area contributed by atoms with Gasteiger partial charge >= 0.3 is 18.5 Å². The number of carbonyl (C=O) groups excluding carboxylic acids is 1. The second kappa shape index (κ2) is 33.3. The first kappa shape index (κ1) is 72.9. The molecule has 85 heavy (non-hydrogen) atoms. The van der Waals surface area contributed by atoms with Crippen molar-refractivity contribution >= 4 is 5.91 Å². The minimum atomic E-state index is -5.62. The zero-order valence-electron chi connectivity index (χ0n) is 50.9. The van der Waals surface area contributed by atoms with Gasteiger partial charge in [-0.2, -0.15) is 39.5 Å². The number of alkyl halides is 9. The molecule has 0 atom stereocenters. The van der Waals surface area contributed by atoms with Crippen LogP contribution < -0.4 is 37.9 Å². The molecule has 7 aromatic carbocycles. The first-order chi connectivity index (χ1) is 39.7. The molecule has 0 bridgehead atoms. The second-order valence-corrected chi connectivity index (χ2v) is 20.2. The largest absolute Gasteiger partial charge is 0.497 e. The lowest BCUT2D eigenvalue weighted by atomic mass is 9.73. The van der Waals surface area contributed by atoms with E-state index in [4.69, 9.17) is 37.9 Å². The van der Waals surface area contributed by atoms with Crippen LogP contribution in [0.2, 0.25) is 0 Å². The first-order valence-corrected chi connectivity index (χ1v) is 26.1. The van der Waals surface area contributed by atoms with E-state index in [0.29, 0.717) is 0 Å². The van der Waals surface area contributed by atoms with Gasteiger partial charge < -0.3 is 42.8 Å². The standard InChI is InChI=1S/C17H14F6O2.C17H20O2.C15H16O2.C8H10O2.C5H9F3.C4H9NO/c1-24-13-7-3-11(4-8-13)15(16(18,19)20,17(21,22)23)12-5-9-14(25-2)10-6-12;1-17(2,13-5-9-15(18-3)10-6-13)14-7-11-16(19-4)12-8-14;1-16-14-7-3-12(4-8-14)11-13-5-9-15(17-2)10-6-13;1-9-7-3-5-8(10-2)6-4-7;1-4(2,3)5(6,7)8;1-4(6)5(2)3/h3-10H,1-2H3;5-12H,1-4H3;3-10H,11H2,1-2H3;3-6H,1-2H3;1-3H3;1-3H3. The molecule has 0 saturated heterocycles. The van der Waals surface area contributed by atoms with E-state index >= 15 is 0 Å². The van der Waals surface area contributed by atoms with Gasteiger partial charge in [0, 0.05) is 26.4 Å². The van der Waals surface area contributed by atoms with E-state index in [2.05, 4.69) is 62.4 Å². The van der Waals surface area contributed by atoms with Crippen molar-refractivity contribution in [1.82, 2.24) is 4.90 Å². The molecule has 0 radical (unpaired) electrons. The Morgan fingerprint density at radius 2 is 0.494 bits per heavy atom. The van der Waals surface area contributed by atoms with Gasteiger partial charge in [0.15, 0.2) is 0 Å². The van der Waals surface area contributed by atoms with Gasteiger partial charge in [0.25, 0.3) is 0 Å². The third kappa shape index (κ3) is 22.0. The van der Waals surface area contributed by atoms with Crippen LogP contribution in [0.3, 0.4) is 0 Å². The summed E-state index contributed by atoms with van der Waals surface area (Å²) in [6.07, 6.45) is -14.4. The maximum atomic E-state index is 13.8. The molecule has 0 aromatic heterocycles. The summed E-state index contributed by atoms with van der Waals surface area (Å²) in [4.78, 5) is 11.6. The van der Waals surface area contributed by atoms with Crippen LogP contribution >= 0.6 is 0 Å². The third-order valence-corrected chi connectivity index (χ3v) is 13.0.